The van der Waals surface area contributed by atoms with E-state index in [1.165, 1.54) is 19.3 Å². The number of nitrogens with one attached hydrogen (secondary N) is 1. The highest BCUT2D eigenvalue weighted by molar-refractivity contribution is 5.73. The van der Waals surface area contributed by atoms with Crippen molar-refractivity contribution in [1.82, 2.24) is 5.32 Å². The summed E-state index contributed by atoms with van der Waals surface area (Å²) in [6, 6.07) is 0.589. The third-order valence-corrected chi connectivity index (χ3v) is 4.36. The summed E-state index contributed by atoms with van der Waals surface area (Å²) in [5, 5.41) is 12.5. The number of rotatable bonds is 5. The molecule has 1 rings (SSSR count). The Kier molecular flexibility index (Phi) is 4.99. The van der Waals surface area contributed by atoms with E-state index in [2.05, 4.69) is 19.2 Å². The predicted octanol–water partition coefficient (Wildman–Crippen LogP) is 2.90. The summed E-state index contributed by atoms with van der Waals surface area (Å²) in [5.41, 5.74) is -0.611. The van der Waals surface area contributed by atoms with Gasteiger partial charge in [-0.1, -0.05) is 13.8 Å². The molecule has 0 spiro atoms. The molecule has 0 aliphatic heterocycles. The molecule has 0 saturated heterocycles. The number of hydrogen-bond donors (Lipinski definition) is 2. The molecule has 0 amide bonds. The van der Waals surface area contributed by atoms with Crippen LogP contribution >= 0.6 is 0 Å². The summed E-state index contributed by atoms with van der Waals surface area (Å²) >= 11 is 0. The first-order chi connectivity index (χ1) is 7.83. The van der Waals surface area contributed by atoms with E-state index < -0.39 is 11.4 Å². The topological polar surface area (TPSA) is 49.3 Å². The monoisotopic (exact) mass is 241 g/mol. The van der Waals surface area contributed by atoms with E-state index in [0.29, 0.717) is 12.5 Å². The van der Waals surface area contributed by atoms with Gasteiger partial charge in [-0.3, -0.25) is 4.79 Å². The summed E-state index contributed by atoms with van der Waals surface area (Å²) < 4.78 is 0. The molecule has 3 unspecified atom stereocenters. The van der Waals surface area contributed by atoms with Gasteiger partial charge in [0.1, 0.15) is 0 Å². The van der Waals surface area contributed by atoms with Crippen molar-refractivity contribution in [3.05, 3.63) is 0 Å². The van der Waals surface area contributed by atoms with Gasteiger partial charge in [-0.15, -0.1) is 0 Å². The maximum absolute atomic E-state index is 11.0. The Morgan fingerprint density at radius 3 is 2.47 bits per heavy atom. The molecule has 0 aromatic carbocycles. The molecule has 17 heavy (non-hydrogen) atoms. The fraction of sp³-hybridized carbons (Fsp3) is 0.929. The molecule has 3 atom stereocenters. The van der Waals surface area contributed by atoms with E-state index in [0.717, 1.165) is 18.4 Å². The van der Waals surface area contributed by atoms with Crippen LogP contribution < -0.4 is 5.32 Å². The van der Waals surface area contributed by atoms with Crippen molar-refractivity contribution in [3.8, 4) is 0 Å². The van der Waals surface area contributed by atoms with Gasteiger partial charge in [0.2, 0.25) is 0 Å². The molecule has 100 valence electrons. The third-order valence-electron chi connectivity index (χ3n) is 4.36. The second-order valence-electron chi connectivity index (χ2n) is 6.36. The lowest BCUT2D eigenvalue weighted by molar-refractivity contribution is -0.147. The molecular weight excluding hydrogens is 214 g/mol. The molecule has 3 heteroatoms. The normalized spacial score (nSPS) is 30.2. The van der Waals surface area contributed by atoms with Crippen molar-refractivity contribution in [3.63, 3.8) is 0 Å². The quantitative estimate of drug-likeness (QED) is 0.778. The van der Waals surface area contributed by atoms with E-state index >= 15 is 0 Å². The van der Waals surface area contributed by atoms with Gasteiger partial charge in [0, 0.05) is 6.04 Å². The van der Waals surface area contributed by atoms with E-state index in [-0.39, 0.29) is 0 Å². The molecule has 1 fully saturated rings. The van der Waals surface area contributed by atoms with Crippen molar-refractivity contribution < 1.29 is 9.90 Å². The molecule has 1 saturated carbocycles. The van der Waals surface area contributed by atoms with Crippen molar-refractivity contribution in [1.29, 1.82) is 0 Å². The van der Waals surface area contributed by atoms with Crippen molar-refractivity contribution in [2.75, 3.05) is 6.54 Å². The zero-order valence-electron chi connectivity index (χ0n) is 11.6. The first-order valence-corrected chi connectivity index (χ1v) is 6.79. The largest absolute Gasteiger partial charge is 0.481 e. The van der Waals surface area contributed by atoms with Crippen molar-refractivity contribution in [2.24, 2.45) is 17.3 Å². The van der Waals surface area contributed by atoms with Gasteiger partial charge >= 0.3 is 5.97 Å². The summed E-state index contributed by atoms with van der Waals surface area (Å²) in [5.74, 6) is 0.919. The van der Waals surface area contributed by atoms with E-state index in [4.69, 9.17) is 5.11 Å². The van der Waals surface area contributed by atoms with Crippen LogP contribution in [-0.2, 0) is 4.79 Å². The molecule has 0 heterocycles. The third kappa shape index (κ3) is 4.30. The Bertz CT molecular complexity index is 263. The van der Waals surface area contributed by atoms with Gasteiger partial charge in [-0.05, 0) is 57.9 Å². The van der Waals surface area contributed by atoms with Gasteiger partial charge in [0.15, 0.2) is 0 Å². The lowest BCUT2D eigenvalue weighted by Gasteiger charge is -2.33. The summed E-state index contributed by atoms with van der Waals surface area (Å²) in [6.45, 7) is 9.05. The van der Waals surface area contributed by atoms with Gasteiger partial charge in [-0.25, -0.2) is 0 Å². The van der Waals surface area contributed by atoms with Gasteiger partial charge in [0.05, 0.1) is 5.41 Å². The Hall–Kier alpha value is -0.570. The first-order valence-electron chi connectivity index (χ1n) is 6.79. The molecule has 0 bridgehead atoms. The predicted molar refractivity (Wildman–Crippen MR) is 70.0 cm³/mol. The van der Waals surface area contributed by atoms with Crippen molar-refractivity contribution in [2.45, 2.75) is 59.4 Å². The second-order valence-corrected chi connectivity index (χ2v) is 6.36. The number of carbonyl (C=O) groups is 1. The van der Waals surface area contributed by atoms with Crippen LogP contribution in [0.2, 0.25) is 0 Å². The van der Waals surface area contributed by atoms with Crippen LogP contribution in [0.5, 0.6) is 0 Å². The molecule has 3 nitrogen and oxygen atoms in total. The molecule has 1 aliphatic rings. The fourth-order valence-electron chi connectivity index (χ4n) is 2.43. The number of carboxylic acids is 1. The van der Waals surface area contributed by atoms with E-state index in [1.807, 2.05) is 0 Å². The van der Waals surface area contributed by atoms with E-state index in [1.54, 1.807) is 13.8 Å². The molecule has 0 aromatic rings. The average molecular weight is 241 g/mol. The Morgan fingerprint density at radius 2 is 1.94 bits per heavy atom. The number of carboxylic acid groups (broad SMARTS) is 1. The Balaban J connectivity index is 2.26. The van der Waals surface area contributed by atoms with Crippen LogP contribution in [-0.4, -0.2) is 23.7 Å². The highest BCUT2D eigenvalue weighted by atomic mass is 16.4. The highest BCUT2D eigenvalue weighted by Gasteiger charge is 2.28. The number of aliphatic carboxylic acids is 1. The zero-order valence-corrected chi connectivity index (χ0v) is 11.6. The summed E-state index contributed by atoms with van der Waals surface area (Å²) in [4.78, 5) is 11.0. The van der Waals surface area contributed by atoms with Crippen LogP contribution in [0.4, 0.5) is 0 Å². The summed E-state index contributed by atoms with van der Waals surface area (Å²) in [6.07, 6.45) is 4.46. The molecule has 0 aromatic heterocycles. The zero-order chi connectivity index (χ0) is 13.1. The van der Waals surface area contributed by atoms with Crippen LogP contribution in [0.3, 0.4) is 0 Å². The van der Waals surface area contributed by atoms with Crippen LogP contribution in [0, 0.1) is 17.3 Å². The fourth-order valence-corrected chi connectivity index (χ4v) is 2.43. The average Bonchev–Trinajstić information content (AvgIpc) is 2.23. The lowest BCUT2D eigenvalue weighted by atomic mass is 9.79. The van der Waals surface area contributed by atoms with Gasteiger partial charge in [-0.2, -0.15) is 0 Å². The smallest absolute Gasteiger partial charge is 0.309 e. The maximum atomic E-state index is 11.0. The minimum absolute atomic E-state index is 0.589. The van der Waals surface area contributed by atoms with E-state index in [9.17, 15) is 4.79 Å². The Labute approximate surface area is 105 Å². The van der Waals surface area contributed by atoms with Gasteiger partial charge < -0.3 is 10.4 Å². The lowest BCUT2D eigenvalue weighted by Crippen LogP contribution is -2.38. The number of hydrogen-bond acceptors (Lipinski definition) is 2. The SMILES string of the molecule is CC1CCC(NCCC(C)(C)C(=O)O)CC1C. The molecule has 1 aliphatic carbocycles. The van der Waals surface area contributed by atoms with Crippen LogP contribution in [0.15, 0.2) is 0 Å². The molecular formula is C14H27NO2. The Morgan fingerprint density at radius 1 is 1.29 bits per heavy atom. The minimum Gasteiger partial charge on any atom is -0.481 e. The first kappa shape index (κ1) is 14.5. The van der Waals surface area contributed by atoms with Crippen molar-refractivity contribution >= 4 is 5.97 Å². The second kappa shape index (κ2) is 5.85. The van der Waals surface area contributed by atoms with Crippen LogP contribution in [0.1, 0.15) is 53.4 Å². The van der Waals surface area contributed by atoms with Gasteiger partial charge in [0.25, 0.3) is 0 Å². The maximum Gasteiger partial charge on any atom is 0.309 e. The molecule has 2 N–H and O–H groups in total. The summed E-state index contributed by atoms with van der Waals surface area (Å²) in [7, 11) is 0. The minimum atomic E-state index is -0.704. The standard InChI is InChI=1S/C14H27NO2/c1-10-5-6-12(9-11(10)2)15-8-7-14(3,4)13(16)17/h10-12,15H,5-9H2,1-4H3,(H,16,17). The molecule has 0 radical (unpaired) electrons. The van der Waals surface area contributed by atoms with Crippen LogP contribution in [0.25, 0.3) is 0 Å². The highest BCUT2D eigenvalue weighted by Crippen LogP contribution is 2.29.